The molecule has 3 saturated carbocycles. The number of benzene rings is 2. The van der Waals surface area contributed by atoms with E-state index in [2.05, 4.69) is 57.2 Å². The molecule has 0 bridgehead atoms. The van der Waals surface area contributed by atoms with Crippen molar-refractivity contribution in [2.45, 2.75) is 96.1 Å². The number of allylic oxidation sites excluding steroid dienone is 1. The topological polar surface area (TPSA) is 65.0 Å². The van der Waals surface area contributed by atoms with Gasteiger partial charge >= 0.3 is 0 Å². The number of hydrogen-bond donors (Lipinski definition) is 1. The van der Waals surface area contributed by atoms with Crippen LogP contribution in [0, 0.1) is 22.7 Å². The fourth-order valence-corrected chi connectivity index (χ4v) is 8.86. The van der Waals surface area contributed by atoms with Gasteiger partial charge < -0.3 is 19.3 Å². The Kier molecular flexibility index (Phi) is 6.53. The van der Waals surface area contributed by atoms with Crippen molar-refractivity contribution >= 4 is 5.78 Å². The summed E-state index contributed by atoms with van der Waals surface area (Å²) in [6, 6.07) is 18.7. The van der Waals surface area contributed by atoms with E-state index in [0.29, 0.717) is 56.7 Å². The average Bonchev–Trinajstić information content (AvgIpc) is 3.27. The third-order valence-electron chi connectivity index (χ3n) is 11.1. The predicted molar refractivity (Wildman–Crippen MR) is 157 cm³/mol. The van der Waals surface area contributed by atoms with Crippen molar-refractivity contribution < 1.29 is 24.1 Å². The lowest BCUT2D eigenvalue weighted by Crippen LogP contribution is -2.57. The van der Waals surface area contributed by atoms with Gasteiger partial charge in [0.2, 0.25) is 0 Å². The molecule has 1 aliphatic heterocycles. The molecule has 4 aliphatic carbocycles. The Balaban J connectivity index is 1.21. The minimum Gasteiger partial charge on any atom is -0.489 e. The maximum atomic E-state index is 13.3. The SMILES string of the molecule is CC1(C)COC2(CCC3=C4[C@@H](CC[C@@]3(O)C2)[C@@H]2CCC(=O)[C@@]2(C)C[C@@H]4c2ccc(OCc3ccccc3)cc2)OC1. The van der Waals surface area contributed by atoms with E-state index in [0.717, 1.165) is 43.4 Å². The highest BCUT2D eigenvalue weighted by atomic mass is 16.7. The summed E-state index contributed by atoms with van der Waals surface area (Å²) in [7, 11) is 0. The summed E-state index contributed by atoms with van der Waals surface area (Å²) >= 11 is 0. The number of ether oxygens (including phenoxy) is 3. The lowest BCUT2D eigenvalue weighted by molar-refractivity contribution is -0.322. The molecular weight excluding hydrogens is 512 g/mol. The molecule has 0 aromatic heterocycles. The van der Waals surface area contributed by atoms with Crippen LogP contribution in [0.2, 0.25) is 0 Å². The van der Waals surface area contributed by atoms with Crippen LogP contribution in [0.15, 0.2) is 65.7 Å². The van der Waals surface area contributed by atoms with Crippen LogP contribution in [0.4, 0.5) is 0 Å². The number of aliphatic hydroxyl groups is 1. The van der Waals surface area contributed by atoms with Gasteiger partial charge in [0.05, 0.1) is 18.8 Å². The number of fused-ring (bicyclic) bond motifs is 4. The Labute approximate surface area is 244 Å². The van der Waals surface area contributed by atoms with Gasteiger partial charge in [-0.25, -0.2) is 0 Å². The molecule has 5 aliphatic rings. The maximum absolute atomic E-state index is 13.3. The number of Topliss-reactive ketones (excluding diaryl/α,β-unsaturated/α-hetero) is 1. The van der Waals surface area contributed by atoms with Crippen LogP contribution >= 0.6 is 0 Å². The standard InChI is InChI=1S/C36H44O5/c1-33(2)22-40-36(41-23-33)18-16-30-32-27(15-17-35(30,38)21-36)29-13-14-31(37)34(29,3)19-28(32)25-9-11-26(12-10-25)39-20-24-7-5-4-6-8-24/h4-12,27-29,38H,13-23H2,1-3H3/t27-,28+,29-,34-,35+/m0/s1. The molecule has 0 amide bonds. The third kappa shape index (κ3) is 4.69. The molecule has 218 valence electrons. The molecule has 41 heavy (non-hydrogen) atoms. The Bertz CT molecular complexity index is 1330. The molecule has 4 fully saturated rings. The predicted octanol–water partition coefficient (Wildman–Crippen LogP) is 7.13. The zero-order valence-corrected chi connectivity index (χ0v) is 24.8. The summed E-state index contributed by atoms with van der Waals surface area (Å²) in [5.74, 6) is 1.41. The first-order chi connectivity index (χ1) is 19.6. The molecule has 5 heteroatoms. The minimum atomic E-state index is -0.918. The van der Waals surface area contributed by atoms with Crippen molar-refractivity contribution in [1.82, 2.24) is 0 Å². The summed E-state index contributed by atoms with van der Waals surface area (Å²) in [5.41, 5.74) is 3.78. The highest BCUT2D eigenvalue weighted by molar-refractivity contribution is 5.87. The van der Waals surface area contributed by atoms with Gasteiger partial charge in [-0.2, -0.15) is 0 Å². The summed E-state index contributed by atoms with van der Waals surface area (Å²) in [6.07, 6.45) is 6.17. The van der Waals surface area contributed by atoms with Gasteiger partial charge in [0.25, 0.3) is 0 Å². The van der Waals surface area contributed by atoms with E-state index in [-0.39, 0.29) is 16.7 Å². The van der Waals surface area contributed by atoms with Gasteiger partial charge in [-0.05, 0) is 72.8 Å². The van der Waals surface area contributed by atoms with Crippen molar-refractivity contribution in [3.8, 4) is 5.75 Å². The first-order valence-electron chi connectivity index (χ1n) is 15.6. The number of carbonyl (C=O) groups excluding carboxylic acids is 1. The Morgan fingerprint density at radius 3 is 2.39 bits per heavy atom. The first kappa shape index (κ1) is 27.4. The highest BCUT2D eigenvalue weighted by Crippen LogP contribution is 2.64. The Morgan fingerprint density at radius 2 is 1.66 bits per heavy atom. The number of carbonyl (C=O) groups is 1. The lowest BCUT2D eigenvalue weighted by atomic mass is 9.51. The Morgan fingerprint density at radius 1 is 0.927 bits per heavy atom. The summed E-state index contributed by atoms with van der Waals surface area (Å²) < 4.78 is 18.9. The zero-order valence-electron chi connectivity index (χ0n) is 24.8. The normalized spacial score (nSPS) is 35.5. The molecular formula is C36H44O5. The molecule has 0 radical (unpaired) electrons. The van der Waals surface area contributed by atoms with Crippen molar-refractivity contribution in [3.63, 3.8) is 0 Å². The summed E-state index contributed by atoms with van der Waals surface area (Å²) in [6.45, 7) is 8.40. The second kappa shape index (κ2) is 9.79. The van der Waals surface area contributed by atoms with Crippen molar-refractivity contribution in [3.05, 3.63) is 76.9 Å². The van der Waals surface area contributed by atoms with Gasteiger partial charge in [-0.1, -0.05) is 68.8 Å². The van der Waals surface area contributed by atoms with Gasteiger partial charge in [-0.3, -0.25) is 4.79 Å². The fourth-order valence-electron chi connectivity index (χ4n) is 8.86. The Hall–Kier alpha value is -2.47. The van der Waals surface area contributed by atoms with E-state index >= 15 is 0 Å². The van der Waals surface area contributed by atoms with Crippen LogP contribution < -0.4 is 4.74 Å². The average molecular weight is 557 g/mol. The largest absolute Gasteiger partial charge is 0.489 e. The van der Waals surface area contributed by atoms with Crippen LogP contribution in [0.3, 0.4) is 0 Å². The van der Waals surface area contributed by atoms with Gasteiger partial charge in [0, 0.05) is 36.0 Å². The van der Waals surface area contributed by atoms with E-state index < -0.39 is 11.4 Å². The molecule has 1 saturated heterocycles. The van der Waals surface area contributed by atoms with Crippen molar-refractivity contribution in [2.75, 3.05) is 13.2 Å². The van der Waals surface area contributed by atoms with E-state index in [4.69, 9.17) is 14.2 Å². The quantitative estimate of drug-likeness (QED) is 0.406. The fraction of sp³-hybridized carbons (Fsp3) is 0.583. The minimum absolute atomic E-state index is 0.00479. The van der Waals surface area contributed by atoms with Gasteiger partial charge in [0.1, 0.15) is 18.1 Å². The van der Waals surface area contributed by atoms with E-state index in [1.54, 1.807) is 0 Å². The lowest BCUT2D eigenvalue weighted by Gasteiger charge is -2.56. The van der Waals surface area contributed by atoms with Crippen molar-refractivity contribution in [2.24, 2.45) is 22.7 Å². The molecule has 5 nitrogen and oxygen atoms in total. The number of rotatable bonds is 4. The highest BCUT2D eigenvalue weighted by Gasteiger charge is 2.60. The smallest absolute Gasteiger partial charge is 0.171 e. The van der Waals surface area contributed by atoms with Gasteiger partial charge in [-0.15, -0.1) is 0 Å². The molecule has 1 heterocycles. The molecule has 1 spiro atoms. The van der Waals surface area contributed by atoms with Crippen LogP contribution in [0.1, 0.15) is 89.2 Å². The zero-order chi connectivity index (χ0) is 28.5. The van der Waals surface area contributed by atoms with E-state index in [1.165, 1.54) is 16.7 Å². The molecule has 7 rings (SSSR count). The van der Waals surface area contributed by atoms with E-state index in [1.807, 2.05) is 18.2 Å². The second-order valence-corrected chi connectivity index (χ2v) is 14.5. The van der Waals surface area contributed by atoms with Crippen LogP contribution in [0.25, 0.3) is 0 Å². The monoisotopic (exact) mass is 556 g/mol. The first-order valence-corrected chi connectivity index (χ1v) is 15.6. The third-order valence-corrected chi connectivity index (χ3v) is 11.1. The van der Waals surface area contributed by atoms with Crippen LogP contribution in [0.5, 0.6) is 5.75 Å². The van der Waals surface area contributed by atoms with Gasteiger partial charge in [0.15, 0.2) is 5.79 Å². The molecule has 1 N–H and O–H groups in total. The van der Waals surface area contributed by atoms with Crippen LogP contribution in [-0.2, 0) is 20.9 Å². The maximum Gasteiger partial charge on any atom is 0.171 e. The molecule has 2 aromatic carbocycles. The van der Waals surface area contributed by atoms with Crippen LogP contribution in [-0.4, -0.2) is 35.5 Å². The van der Waals surface area contributed by atoms with Crippen molar-refractivity contribution in [1.29, 1.82) is 0 Å². The second-order valence-electron chi connectivity index (χ2n) is 14.5. The molecule has 0 unspecified atom stereocenters. The molecule has 2 aromatic rings. The summed E-state index contributed by atoms with van der Waals surface area (Å²) in [4.78, 5) is 13.3. The summed E-state index contributed by atoms with van der Waals surface area (Å²) in [5, 5.41) is 12.3. The number of ketones is 1. The number of hydrogen-bond acceptors (Lipinski definition) is 5. The van der Waals surface area contributed by atoms with E-state index in [9.17, 15) is 9.90 Å². The molecule has 5 atom stereocenters.